The van der Waals surface area contributed by atoms with Crippen molar-refractivity contribution >= 4 is 0 Å². The fraction of sp³-hybridized carbons (Fsp3) is 0.760. The van der Waals surface area contributed by atoms with Crippen LogP contribution in [0.1, 0.15) is 11.1 Å². The lowest BCUT2D eigenvalue weighted by molar-refractivity contribution is -0.0702. The molecule has 2 aliphatic heterocycles. The predicted octanol–water partition coefficient (Wildman–Crippen LogP) is 1.59. The summed E-state index contributed by atoms with van der Waals surface area (Å²) in [4.78, 5) is 4.67. The molecular formula is C25H42N2O6. The normalized spacial score (nSPS) is 27.6. The molecule has 3 unspecified atom stereocenters. The van der Waals surface area contributed by atoms with Crippen molar-refractivity contribution < 1.29 is 28.4 Å². The Morgan fingerprint density at radius 2 is 1.21 bits per heavy atom. The third kappa shape index (κ3) is 11.7. The van der Waals surface area contributed by atoms with Crippen molar-refractivity contribution in [3.05, 3.63) is 35.4 Å². The van der Waals surface area contributed by atoms with E-state index in [4.69, 9.17) is 28.4 Å². The van der Waals surface area contributed by atoms with Crippen molar-refractivity contribution in [2.45, 2.75) is 19.6 Å². The van der Waals surface area contributed by atoms with Gasteiger partial charge in [-0.3, -0.25) is 9.80 Å². The summed E-state index contributed by atoms with van der Waals surface area (Å²) in [5.41, 5.74) is 2.42. The molecule has 0 aromatic heterocycles. The Hall–Kier alpha value is -1.10. The zero-order valence-corrected chi connectivity index (χ0v) is 20.3. The molecule has 0 aliphatic carbocycles. The summed E-state index contributed by atoms with van der Waals surface area (Å²) in [7, 11) is 0. The monoisotopic (exact) mass is 466 g/mol. The van der Waals surface area contributed by atoms with Crippen LogP contribution in [-0.2, 0) is 35.0 Å². The number of aryl methyl sites for hydroxylation is 1. The van der Waals surface area contributed by atoms with Gasteiger partial charge in [0.1, 0.15) is 6.10 Å². The number of rotatable bonds is 4. The minimum absolute atomic E-state index is 0.0920. The third-order valence-corrected chi connectivity index (χ3v) is 5.89. The molecule has 2 bridgehead atoms. The zero-order chi connectivity index (χ0) is 23.0. The highest BCUT2D eigenvalue weighted by Gasteiger charge is 2.14. The van der Waals surface area contributed by atoms with E-state index in [1.807, 2.05) is 0 Å². The second kappa shape index (κ2) is 16.5. The first-order chi connectivity index (χ1) is 16.3. The summed E-state index contributed by atoms with van der Waals surface area (Å²) in [6, 6.07) is 8.44. The van der Waals surface area contributed by atoms with Crippen LogP contribution in [0.2, 0.25) is 0 Å². The molecule has 0 amide bonds. The van der Waals surface area contributed by atoms with Crippen LogP contribution in [0.3, 0.4) is 0 Å². The van der Waals surface area contributed by atoms with Crippen molar-refractivity contribution in [1.82, 2.24) is 9.80 Å². The number of hydrogen-bond acceptors (Lipinski definition) is 8. The van der Waals surface area contributed by atoms with Crippen molar-refractivity contribution in [3.63, 3.8) is 0 Å². The molecule has 188 valence electrons. The van der Waals surface area contributed by atoms with Crippen LogP contribution < -0.4 is 0 Å². The van der Waals surface area contributed by atoms with Gasteiger partial charge in [-0.25, -0.2) is 0 Å². The number of hydrogen-bond donors (Lipinski definition) is 0. The van der Waals surface area contributed by atoms with Crippen LogP contribution in [-0.4, -0.2) is 121 Å². The molecule has 0 spiro atoms. The summed E-state index contributed by atoms with van der Waals surface area (Å²) in [5, 5.41) is 0. The molecule has 1 aromatic rings. The van der Waals surface area contributed by atoms with Crippen LogP contribution in [0.5, 0.6) is 0 Å². The molecule has 2 saturated heterocycles. The van der Waals surface area contributed by atoms with E-state index in [1.54, 1.807) is 0 Å². The molecular weight excluding hydrogens is 424 g/mol. The van der Waals surface area contributed by atoms with Crippen LogP contribution in [0, 0.1) is 6.92 Å². The molecule has 0 saturated carbocycles. The topological polar surface area (TPSA) is 61.9 Å². The molecule has 8 heteroatoms. The van der Waals surface area contributed by atoms with E-state index >= 15 is 0 Å². The lowest BCUT2D eigenvalue weighted by Crippen LogP contribution is -2.36. The third-order valence-electron chi connectivity index (χ3n) is 5.89. The maximum Gasteiger partial charge on any atom is 0.104 e. The molecule has 2 fully saturated rings. The minimum atomic E-state index is -0.0920. The van der Waals surface area contributed by atoms with Gasteiger partial charge < -0.3 is 28.4 Å². The molecule has 3 atom stereocenters. The van der Waals surface area contributed by atoms with E-state index in [2.05, 4.69) is 41.0 Å². The van der Waals surface area contributed by atoms with E-state index < -0.39 is 0 Å². The smallest absolute Gasteiger partial charge is 0.104 e. The fourth-order valence-electron chi connectivity index (χ4n) is 3.76. The number of nitrogens with zero attached hydrogens (tertiary/aromatic N) is 2. The molecule has 3 rings (SSSR count). The average molecular weight is 467 g/mol. The first kappa shape index (κ1) is 26.5. The molecule has 2 heterocycles. The lowest BCUT2D eigenvalue weighted by atomic mass is 10.2. The van der Waals surface area contributed by atoms with Gasteiger partial charge in [0.2, 0.25) is 0 Å². The van der Waals surface area contributed by atoms with Crippen molar-refractivity contribution in [1.29, 1.82) is 0 Å². The van der Waals surface area contributed by atoms with E-state index in [0.29, 0.717) is 66.1 Å². The zero-order valence-electron chi connectivity index (χ0n) is 20.3. The summed E-state index contributed by atoms with van der Waals surface area (Å²) in [6.07, 6.45) is -0.0920. The predicted molar refractivity (Wildman–Crippen MR) is 127 cm³/mol. The van der Waals surface area contributed by atoms with Crippen LogP contribution in [0.15, 0.2) is 24.3 Å². The SMILES string of the molecule is Cc1ccc(COCC2COCCN3CCOCCOCCN(CCOCC3)CCO2)cc1. The molecule has 1 aromatic carbocycles. The van der Waals surface area contributed by atoms with E-state index in [1.165, 1.54) is 11.1 Å². The number of fused-ring (bicyclic) bond motifs is 6. The number of benzene rings is 1. The highest BCUT2D eigenvalue weighted by Crippen LogP contribution is 2.06. The minimum Gasteiger partial charge on any atom is -0.379 e. The Bertz CT molecular complexity index is 617. The van der Waals surface area contributed by atoms with Gasteiger partial charge in [0, 0.05) is 39.3 Å². The summed E-state index contributed by atoms with van der Waals surface area (Å²) in [6.45, 7) is 14.2. The fourth-order valence-corrected chi connectivity index (χ4v) is 3.76. The lowest BCUT2D eigenvalue weighted by Gasteiger charge is -2.24. The molecule has 33 heavy (non-hydrogen) atoms. The van der Waals surface area contributed by atoms with Crippen LogP contribution >= 0.6 is 0 Å². The van der Waals surface area contributed by atoms with Gasteiger partial charge in [0.15, 0.2) is 0 Å². The second-order valence-electron chi connectivity index (χ2n) is 8.59. The van der Waals surface area contributed by atoms with Crippen molar-refractivity contribution in [2.24, 2.45) is 0 Å². The van der Waals surface area contributed by atoms with Gasteiger partial charge in [-0.15, -0.1) is 0 Å². The van der Waals surface area contributed by atoms with Crippen LogP contribution in [0.4, 0.5) is 0 Å². The second-order valence-corrected chi connectivity index (χ2v) is 8.59. The summed E-state index contributed by atoms with van der Waals surface area (Å²) < 4.78 is 35.6. The molecule has 8 nitrogen and oxygen atoms in total. The maximum atomic E-state index is 6.19. The Morgan fingerprint density at radius 1 is 0.697 bits per heavy atom. The quantitative estimate of drug-likeness (QED) is 0.620. The first-order valence-electron chi connectivity index (χ1n) is 12.3. The molecule has 0 N–H and O–H groups in total. The first-order valence-corrected chi connectivity index (χ1v) is 12.3. The Labute approximate surface area is 199 Å². The highest BCUT2D eigenvalue weighted by atomic mass is 16.6. The van der Waals surface area contributed by atoms with Gasteiger partial charge in [-0.2, -0.15) is 0 Å². The summed E-state index contributed by atoms with van der Waals surface area (Å²) in [5.74, 6) is 0. The van der Waals surface area contributed by atoms with E-state index in [-0.39, 0.29) is 6.10 Å². The van der Waals surface area contributed by atoms with E-state index in [9.17, 15) is 0 Å². The molecule has 0 radical (unpaired) electrons. The van der Waals surface area contributed by atoms with Gasteiger partial charge in [0.25, 0.3) is 0 Å². The number of ether oxygens (including phenoxy) is 6. The maximum absolute atomic E-state index is 6.19. The van der Waals surface area contributed by atoms with Crippen LogP contribution in [0.25, 0.3) is 0 Å². The Kier molecular flexibility index (Phi) is 13.3. The Balaban J connectivity index is 1.53. The van der Waals surface area contributed by atoms with Gasteiger partial charge in [0.05, 0.1) is 72.7 Å². The van der Waals surface area contributed by atoms with Gasteiger partial charge >= 0.3 is 0 Å². The van der Waals surface area contributed by atoms with Crippen molar-refractivity contribution in [2.75, 3.05) is 105 Å². The largest absolute Gasteiger partial charge is 0.379 e. The summed E-state index contributed by atoms with van der Waals surface area (Å²) >= 11 is 0. The van der Waals surface area contributed by atoms with Gasteiger partial charge in [-0.1, -0.05) is 29.8 Å². The van der Waals surface area contributed by atoms with E-state index in [0.717, 1.165) is 45.9 Å². The highest BCUT2D eigenvalue weighted by molar-refractivity contribution is 5.20. The van der Waals surface area contributed by atoms with Crippen molar-refractivity contribution in [3.8, 4) is 0 Å². The Morgan fingerprint density at radius 3 is 1.82 bits per heavy atom. The average Bonchev–Trinajstić information content (AvgIpc) is 2.83. The van der Waals surface area contributed by atoms with Gasteiger partial charge in [-0.05, 0) is 12.5 Å². The standard InChI is InChI=1S/C25H42N2O6/c1-23-2-4-24(5-3-23)20-32-22-25-21-31-16-10-26-6-12-28-13-7-27(11-17-33-25)9-15-30-19-18-29-14-8-26/h2-5,25H,6-22H2,1H3. The molecule has 2 aliphatic rings.